The number of hydrogen-bond donors (Lipinski definition) is 1. The van der Waals surface area contributed by atoms with E-state index in [1.54, 1.807) is 6.33 Å². The minimum atomic E-state index is 0.625. The Labute approximate surface area is 101 Å². The molecule has 0 saturated heterocycles. The van der Waals surface area contributed by atoms with Gasteiger partial charge < -0.3 is 14.3 Å². The Bertz CT molecular complexity index is 472. The van der Waals surface area contributed by atoms with Gasteiger partial charge in [-0.3, -0.25) is 0 Å². The van der Waals surface area contributed by atoms with Gasteiger partial charge in [0.05, 0.1) is 6.33 Å². The van der Waals surface area contributed by atoms with Crippen molar-refractivity contribution in [2.45, 2.75) is 20.4 Å². The summed E-state index contributed by atoms with van der Waals surface area (Å²) in [5, 5.41) is 3.35. The summed E-state index contributed by atoms with van der Waals surface area (Å²) in [6.07, 6.45) is 5.14. The lowest BCUT2D eigenvalue weighted by Gasteiger charge is -2.05. The highest BCUT2D eigenvalue weighted by atomic mass is 16.3. The van der Waals surface area contributed by atoms with Crippen LogP contribution in [0, 0.1) is 5.92 Å². The molecule has 0 amide bonds. The van der Waals surface area contributed by atoms with Crippen LogP contribution in [0.2, 0.25) is 0 Å². The van der Waals surface area contributed by atoms with E-state index in [-0.39, 0.29) is 0 Å². The summed E-state index contributed by atoms with van der Waals surface area (Å²) in [6.45, 7) is 6.03. The van der Waals surface area contributed by atoms with Gasteiger partial charge in [0.15, 0.2) is 12.2 Å². The van der Waals surface area contributed by atoms with Crippen LogP contribution in [0.15, 0.2) is 23.3 Å². The zero-order valence-corrected chi connectivity index (χ0v) is 10.5. The molecule has 5 heteroatoms. The van der Waals surface area contributed by atoms with E-state index in [9.17, 15) is 0 Å². The van der Waals surface area contributed by atoms with Crippen LogP contribution in [0.1, 0.15) is 19.5 Å². The Morgan fingerprint density at radius 1 is 1.41 bits per heavy atom. The number of nitrogens with zero attached hydrogens (tertiary/aromatic N) is 3. The number of aromatic nitrogens is 3. The zero-order valence-electron chi connectivity index (χ0n) is 10.5. The molecule has 0 unspecified atom stereocenters. The van der Waals surface area contributed by atoms with Crippen molar-refractivity contribution in [1.29, 1.82) is 0 Å². The van der Waals surface area contributed by atoms with E-state index < -0.39 is 0 Å². The van der Waals surface area contributed by atoms with Gasteiger partial charge in [-0.1, -0.05) is 13.8 Å². The average Bonchev–Trinajstić information content (AvgIpc) is 2.86. The molecular formula is C12H18N4O. The number of imidazole rings is 1. The van der Waals surface area contributed by atoms with Crippen LogP contribution in [0.25, 0.3) is 11.5 Å². The van der Waals surface area contributed by atoms with Crippen LogP contribution in [-0.4, -0.2) is 21.1 Å². The molecule has 0 aromatic carbocycles. The third-order valence-electron chi connectivity index (χ3n) is 2.42. The molecule has 17 heavy (non-hydrogen) atoms. The summed E-state index contributed by atoms with van der Waals surface area (Å²) in [4.78, 5) is 8.48. The van der Waals surface area contributed by atoms with Crippen molar-refractivity contribution in [2.24, 2.45) is 13.0 Å². The van der Waals surface area contributed by atoms with Gasteiger partial charge >= 0.3 is 0 Å². The van der Waals surface area contributed by atoms with Crippen LogP contribution in [-0.2, 0) is 13.6 Å². The molecule has 0 bridgehead atoms. The number of oxazole rings is 1. The standard InChI is InChI=1S/C12H18N4O/c1-9(2)4-13-5-10-12(17-8-15-10)11-6-16(3)7-14-11/h6-9,13H,4-5H2,1-3H3. The molecule has 0 aliphatic heterocycles. The van der Waals surface area contributed by atoms with E-state index in [0.717, 1.165) is 23.7 Å². The normalized spacial score (nSPS) is 11.3. The first kappa shape index (κ1) is 11.9. The van der Waals surface area contributed by atoms with E-state index in [2.05, 4.69) is 29.1 Å². The number of hydrogen-bond acceptors (Lipinski definition) is 4. The first-order valence-electron chi connectivity index (χ1n) is 5.78. The fourth-order valence-corrected chi connectivity index (χ4v) is 1.61. The highest BCUT2D eigenvalue weighted by Crippen LogP contribution is 2.20. The van der Waals surface area contributed by atoms with Crippen molar-refractivity contribution in [2.75, 3.05) is 6.54 Å². The molecule has 92 valence electrons. The quantitative estimate of drug-likeness (QED) is 0.857. The zero-order chi connectivity index (χ0) is 12.3. The molecule has 0 fully saturated rings. The van der Waals surface area contributed by atoms with Gasteiger partial charge in [-0.2, -0.15) is 0 Å². The summed E-state index contributed by atoms with van der Waals surface area (Å²) >= 11 is 0. The first-order chi connectivity index (χ1) is 8.16. The lowest BCUT2D eigenvalue weighted by molar-refractivity contribution is 0.544. The van der Waals surface area contributed by atoms with Crippen LogP contribution in [0.4, 0.5) is 0 Å². The van der Waals surface area contributed by atoms with E-state index in [1.807, 2.05) is 17.8 Å². The number of rotatable bonds is 5. The van der Waals surface area contributed by atoms with Crippen LogP contribution >= 0.6 is 0 Å². The van der Waals surface area contributed by atoms with Crippen molar-refractivity contribution < 1.29 is 4.42 Å². The molecule has 0 aliphatic rings. The minimum absolute atomic E-state index is 0.625. The maximum atomic E-state index is 5.39. The van der Waals surface area contributed by atoms with Crippen LogP contribution < -0.4 is 5.32 Å². The molecule has 0 aliphatic carbocycles. The Hall–Kier alpha value is -1.62. The second-order valence-electron chi connectivity index (χ2n) is 4.58. The molecule has 2 rings (SSSR count). The van der Waals surface area contributed by atoms with Crippen molar-refractivity contribution >= 4 is 0 Å². The van der Waals surface area contributed by atoms with Gasteiger partial charge in [-0.15, -0.1) is 0 Å². The Morgan fingerprint density at radius 2 is 2.24 bits per heavy atom. The van der Waals surface area contributed by atoms with E-state index in [0.29, 0.717) is 12.5 Å². The molecule has 0 radical (unpaired) electrons. The topological polar surface area (TPSA) is 55.9 Å². The first-order valence-corrected chi connectivity index (χ1v) is 5.78. The summed E-state index contributed by atoms with van der Waals surface area (Å²) < 4.78 is 7.29. The van der Waals surface area contributed by atoms with Gasteiger partial charge in [0.25, 0.3) is 0 Å². The molecule has 2 aromatic heterocycles. The lowest BCUT2D eigenvalue weighted by Crippen LogP contribution is -2.19. The van der Waals surface area contributed by atoms with Gasteiger partial charge in [0.2, 0.25) is 0 Å². The van der Waals surface area contributed by atoms with E-state index in [1.165, 1.54) is 6.39 Å². The molecule has 5 nitrogen and oxygen atoms in total. The minimum Gasteiger partial charge on any atom is -0.441 e. The van der Waals surface area contributed by atoms with E-state index in [4.69, 9.17) is 4.42 Å². The predicted octanol–water partition coefficient (Wildman–Crippen LogP) is 1.82. The molecule has 0 atom stereocenters. The smallest absolute Gasteiger partial charge is 0.181 e. The van der Waals surface area contributed by atoms with Crippen molar-refractivity contribution in [1.82, 2.24) is 19.9 Å². The summed E-state index contributed by atoms with van der Waals surface area (Å²) in [5.74, 6) is 1.38. The highest BCUT2D eigenvalue weighted by Gasteiger charge is 2.12. The van der Waals surface area contributed by atoms with E-state index >= 15 is 0 Å². The fraction of sp³-hybridized carbons (Fsp3) is 0.500. The number of nitrogens with one attached hydrogen (secondary N) is 1. The third kappa shape index (κ3) is 2.94. The average molecular weight is 234 g/mol. The van der Waals surface area contributed by atoms with Crippen LogP contribution in [0.5, 0.6) is 0 Å². The second kappa shape index (κ2) is 5.14. The lowest BCUT2D eigenvalue weighted by atomic mass is 10.2. The molecule has 1 N–H and O–H groups in total. The Morgan fingerprint density at radius 3 is 2.88 bits per heavy atom. The number of aryl methyl sites for hydroxylation is 1. The van der Waals surface area contributed by atoms with Crippen LogP contribution in [0.3, 0.4) is 0 Å². The third-order valence-corrected chi connectivity index (χ3v) is 2.42. The second-order valence-corrected chi connectivity index (χ2v) is 4.58. The van der Waals surface area contributed by atoms with Gasteiger partial charge in [-0.05, 0) is 12.5 Å². The van der Waals surface area contributed by atoms with Gasteiger partial charge in [0.1, 0.15) is 11.4 Å². The summed E-state index contributed by atoms with van der Waals surface area (Å²) in [7, 11) is 1.93. The molecule has 2 aromatic rings. The predicted molar refractivity (Wildman–Crippen MR) is 65.2 cm³/mol. The highest BCUT2D eigenvalue weighted by molar-refractivity contribution is 5.53. The van der Waals surface area contributed by atoms with Crippen molar-refractivity contribution in [3.63, 3.8) is 0 Å². The Kier molecular flexibility index (Phi) is 3.58. The van der Waals surface area contributed by atoms with Gasteiger partial charge in [-0.25, -0.2) is 9.97 Å². The molecular weight excluding hydrogens is 216 g/mol. The van der Waals surface area contributed by atoms with Crippen molar-refractivity contribution in [3.05, 3.63) is 24.6 Å². The van der Waals surface area contributed by atoms with Gasteiger partial charge in [0, 0.05) is 19.8 Å². The monoisotopic (exact) mass is 234 g/mol. The van der Waals surface area contributed by atoms with Crippen molar-refractivity contribution in [3.8, 4) is 11.5 Å². The summed E-state index contributed by atoms with van der Waals surface area (Å²) in [6, 6.07) is 0. The Balaban J connectivity index is 2.07. The maximum absolute atomic E-state index is 5.39. The largest absolute Gasteiger partial charge is 0.441 e. The SMILES string of the molecule is CC(C)CNCc1ncoc1-c1cn(C)cn1. The summed E-state index contributed by atoms with van der Waals surface area (Å²) in [5.41, 5.74) is 1.73. The molecule has 2 heterocycles. The fourth-order valence-electron chi connectivity index (χ4n) is 1.61. The molecule has 0 spiro atoms. The molecule has 0 saturated carbocycles. The maximum Gasteiger partial charge on any atom is 0.181 e.